The maximum Gasteiger partial charge on any atom is 0.344 e. The molecule has 0 aliphatic heterocycles. The number of methoxy groups -OCH3 is 1. The van der Waals surface area contributed by atoms with E-state index in [1.54, 1.807) is 0 Å². The van der Waals surface area contributed by atoms with Crippen LogP contribution in [0.3, 0.4) is 0 Å². The van der Waals surface area contributed by atoms with E-state index in [0.29, 0.717) is 0 Å². The van der Waals surface area contributed by atoms with E-state index in [1.807, 2.05) is 0 Å². The van der Waals surface area contributed by atoms with Crippen LogP contribution in [-0.2, 0) is 4.74 Å². The van der Waals surface area contributed by atoms with Gasteiger partial charge < -0.3 is 15.0 Å². The number of hydrogen-bond acceptors (Lipinski definition) is 5. The molecule has 0 aliphatic carbocycles. The molecule has 0 saturated heterocycles. The van der Waals surface area contributed by atoms with Gasteiger partial charge in [-0.2, -0.15) is 0 Å². The van der Waals surface area contributed by atoms with Gasteiger partial charge in [-0.25, -0.2) is 22.4 Å². The van der Waals surface area contributed by atoms with Gasteiger partial charge in [-0.05, 0) is 0 Å². The minimum atomic E-state index is -1.90. The van der Waals surface area contributed by atoms with Gasteiger partial charge in [0.05, 0.1) is 24.4 Å². The molecule has 5 nitrogen and oxygen atoms in total. The quantitative estimate of drug-likeness (QED) is 0.521. The van der Waals surface area contributed by atoms with Crippen molar-refractivity contribution in [1.29, 1.82) is 0 Å². The molecule has 20 heavy (non-hydrogen) atoms. The van der Waals surface area contributed by atoms with Crippen LogP contribution in [0.1, 0.15) is 10.4 Å². The number of carbonyl (C=O) groups is 1. The molecule has 2 rings (SSSR count). The van der Waals surface area contributed by atoms with Crippen molar-refractivity contribution in [2.75, 3.05) is 12.8 Å². The third kappa shape index (κ3) is 1.87. The summed E-state index contributed by atoms with van der Waals surface area (Å²) in [5.41, 5.74) is 2.17. The van der Waals surface area contributed by atoms with E-state index < -0.39 is 51.8 Å². The molecular formula is C11H6F4N2O3. The van der Waals surface area contributed by atoms with Crippen molar-refractivity contribution in [3.8, 4) is 11.1 Å². The molecule has 0 fully saturated rings. The Labute approximate surface area is 108 Å². The molecule has 2 aromatic rings. The number of rotatable bonds is 2. The first kappa shape index (κ1) is 13.8. The number of aromatic nitrogens is 1. The fourth-order valence-corrected chi connectivity index (χ4v) is 1.59. The summed E-state index contributed by atoms with van der Waals surface area (Å²) in [4.78, 5) is 11.1. The molecule has 0 bridgehead atoms. The standard InChI is InChI=1S/C11H6F4N2O3/c1-19-11(18)5-8(14)6(12)4(7(13)9(5)15)3-2-17-20-10(3)16/h2H,16H2,1H3. The predicted octanol–water partition coefficient (Wildman–Crippen LogP) is 2.27. The second-order valence-electron chi connectivity index (χ2n) is 3.60. The van der Waals surface area contributed by atoms with Crippen molar-refractivity contribution < 1.29 is 31.6 Å². The van der Waals surface area contributed by atoms with Crippen LogP contribution in [0, 0.1) is 23.3 Å². The Kier molecular flexibility index (Phi) is 3.35. The van der Waals surface area contributed by atoms with Gasteiger partial charge in [0.2, 0.25) is 5.88 Å². The van der Waals surface area contributed by atoms with E-state index in [9.17, 15) is 22.4 Å². The summed E-state index contributed by atoms with van der Waals surface area (Å²) in [6.07, 6.45) is 0.785. The molecule has 2 N–H and O–H groups in total. The Morgan fingerprint density at radius 2 is 1.75 bits per heavy atom. The Balaban J connectivity index is 2.81. The highest BCUT2D eigenvalue weighted by Gasteiger charge is 2.32. The second kappa shape index (κ2) is 4.83. The van der Waals surface area contributed by atoms with Crippen LogP contribution in [0.2, 0.25) is 0 Å². The van der Waals surface area contributed by atoms with Crippen LogP contribution >= 0.6 is 0 Å². The first-order valence-corrected chi connectivity index (χ1v) is 5.04. The summed E-state index contributed by atoms with van der Waals surface area (Å²) < 4.78 is 63.5. The molecule has 1 aromatic heterocycles. The monoisotopic (exact) mass is 290 g/mol. The Bertz CT molecular complexity index is 670. The van der Waals surface area contributed by atoms with Gasteiger partial charge >= 0.3 is 5.97 Å². The highest BCUT2D eigenvalue weighted by atomic mass is 19.2. The lowest BCUT2D eigenvalue weighted by Gasteiger charge is -2.09. The molecule has 0 radical (unpaired) electrons. The minimum absolute atomic E-state index is 0.478. The summed E-state index contributed by atoms with van der Waals surface area (Å²) in [7, 11) is 0.808. The maximum absolute atomic E-state index is 13.8. The lowest BCUT2D eigenvalue weighted by Crippen LogP contribution is -2.13. The molecule has 0 saturated carbocycles. The predicted molar refractivity (Wildman–Crippen MR) is 57.5 cm³/mol. The average molecular weight is 290 g/mol. The number of halogens is 4. The normalized spacial score (nSPS) is 10.7. The molecule has 0 amide bonds. The van der Waals surface area contributed by atoms with E-state index in [-0.39, 0.29) is 0 Å². The molecule has 1 heterocycles. The van der Waals surface area contributed by atoms with Crippen molar-refractivity contribution >= 4 is 11.9 Å². The van der Waals surface area contributed by atoms with E-state index >= 15 is 0 Å². The van der Waals surface area contributed by atoms with Gasteiger partial charge in [-0.1, -0.05) is 5.16 Å². The van der Waals surface area contributed by atoms with Gasteiger partial charge in [0.1, 0.15) is 5.56 Å². The minimum Gasteiger partial charge on any atom is -0.465 e. The molecule has 0 aliphatic rings. The number of benzene rings is 1. The van der Waals surface area contributed by atoms with Crippen molar-refractivity contribution in [3.05, 3.63) is 35.0 Å². The number of nitrogens with two attached hydrogens (primary N) is 1. The van der Waals surface area contributed by atoms with Gasteiger partial charge in [0.25, 0.3) is 0 Å². The van der Waals surface area contributed by atoms with Crippen molar-refractivity contribution in [1.82, 2.24) is 5.16 Å². The largest absolute Gasteiger partial charge is 0.465 e. The summed E-state index contributed by atoms with van der Waals surface area (Å²) >= 11 is 0. The van der Waals surface area contributed by atoms with E-state index in [2.05, 4.69) is 14.4 Å². The SMILES string of the molecule is COC(=O)c1c(F)c(F)c(-c2cnoc2N)c(F)c1F. The molecule has 9 heteroatoms. The smallest absolute Gasteiger partial charge is 0.344 e. The average Bonchev–Trinajstić information content (AvgIpc) is 2.83. The lowest BCUT2D eigenvalue weighted by atomic mass is 10.0. The second-order valence-corrected chi connectivity index (χ2v) is 3.60. The van der Waals surface area contributed by atoms with Crippen LogP contribution in [-0.4, -0.2) is 18.2 Å². The molecule has 0 atom stereocenters. The number of nitrogens with zero attached hydrogens (tertiary/aromatic N) is 1. The summed E-state index contributed by atoms with van der Waals surface area (Å²) in [5, 5.41) is 3.14. The van der Waals surface area contributed by atoms with Crippen molar-refractivity contribution in [2.24, 2.45) is 0 Å². The molecule has 0 unspecified atom stereocenters. The third-order valence-corrected chi connectivity index (χ3v) is 2.52. The number of esters is 1. The highest BCUT2D eigenvalue weighted by molar-refractivity contribution is 5.91. The summed E-state index contributed by atoms with van der Waals surface area (Å²) in [6, 6.07) is 0. The van der Waals surface area contributed by atoms with Crippen LogP contribution in [0.5, 0.6) is 0 Å². The van der Waals surface area contributed by atoms with Crippen LogP contribution in [0.25, 0.3) is 11.1 Å². The molecular weight excluding hydrogens is 284 g/mol. The zero-order valence-electron chi connectivity index (χ0n) is 9.84. The Hall–Kier alpha value is -2.58. The first-order valence-electron chi connectivity index (χ1n) is 5.04. The number of carbonyl (C=O) groups excluding carboxylic acids is 1. The van der Waals surface area contributed by atoms with Gasteiger partial charge in [0, 0.05) is 0 Å². The highest BCUT2D eigenvalue weighted by Crippen LogP contribution is 2.35. The fourth-order valence-electron chi connectivity index (χ4n) is 1.59. The zero-order chi connectivity index (χ0) is 15.0. The first-order chi connectivity index (χ1) is 9.40. The van der Waals surface area contributed by atoms with Crippen molar-refractivity contribution in [2.45, 2.75) is 0 Å². The number of ether oxygens (including phenoxy) is 1. The van der Waals surface area contributed by atoms with E-state index in [0.717, 1.165) is 13.3 Å². The lowest BCUT2D eigenvalue weighted by molar-refractivity contribution is 0.0587. The molecule has 1 aromatic carbocycles. The number of hydrogen-bond donors (Lipinski definition) is 1. The van der Waals surface area contributed by atoms with Crippen LogP contribution in [0.15, 0.2) is 10.7 Å². The van der Waals surface area contributed by atoms with Crippen molar-refractivity contribution in [3.63, 3.8) is 0 Å². The number of nitrogen functional groups attached to an aromatic ring is 1. The third-order valence-electron chi connectivity index (χ3n) is 2.52. The maximum atomic E-state index is 13.8. The van der Waals surface area contributed by atoms with Gasteiger partial charge in [-0.3, -0.25) is 0 Å². The summed E-state index contributed by atoms with van der Waals surface area (Å²) in [5.74, 6) is -9.49. The van der Waals surface area contributed by atoms with E-state index in [1.165, 1.54) is 0 Å². The topological polar surface area (TPSA) is 78.3 Å². The molecule has 106 valence electrons. The zero-order valence-corrected chi connectivity index (χ0v) is 9.84. The van der Waals surface area contributed by atoms with Gasteiger partial charge in [-0.15, -0.1) is 0 Å². The van der Waals surface area contributed by atoms with Gasteiger partial charge in [0.15, 0.2) is 23.3 Å². The fraction of sp³-hybridized carbons (Fsp3) is 0.0909. The molecule has 0 spiro atoms. The summed E-state index contributed by atoms with van der Waals surface area (Å²) in [6.45, 7) is 0. The van der Waals surface area contributed by atoms with Crippen LogP contribution in [0.4, 0.5) is 23.4 Å². The van der Waals surface area contributed by atoms with Crippen LogP contribution < -0.4 is 5.73 Å². The Morgan fingerprint density at radius 1 is 1.20 bits per heavy atom. The number of anilines is 1. The van der Waals surface area contributed by atoms with E-state index in [4.69, 9.17) is 5.73 Å². The Morgan fingerprint density at radius 3 is 2.15 bits per heavy atom.